The van der Waals surface area contributed by atoms with E-state index in [1.807, 2.05) is 32.0 Å². The molecule has 2 aliphatic heterocycles. The Labute approximate surface area is 188 Å². The zero-order chi connectivity index (χ0) is 23.6. The minimum absolute atomic E-state index is 0.0591. The van der Waals surface area contributed by atoms with Gasteiger partial charge in [0.2, 0.25) is 11.7 Å². The van der Waals surface area contributed by atoms with Crippen LogP contribution < -0.4 is 14.4 Å². The maximum atomic E-state index is 14.1. The van der Waals surface area contributed by atoms with Gasteiger partial charge in [0.1, 0.15) is 28.3 Å². The number of furan rings is 1. The molecule has 0 radical (unpaired) electrons. The number of amides is 1. The Balaban J connectivity index is 1.64. The summed E-state index contributed by atoms with van der Waals surface area (Å²) in [6.07, 6.45) is -4.22. The number of hydrogen-bond donors (Lipinski definition) is 0. The van der Waals surface area contributed by atoms with E-state index in [0.29, 0.717) is 29.2 Å². The van der Waals surface area contributed by atoms with Crippen LogP contribution in [-0.2, 0) is 22.9 Å². The molecule has 5 rings (SSSR count). The van der Waals surface area contributed by atoms with Crippen molar-refractivity contribution in [1.29, 1.82) is 0 Å². The van der Waals surface area contributed by atoms with Gasteiger partial charge in [-0.05, 0) is 43.7 Å². The van der Waals surface area contributed by atoms with Gasteiger partial charge in [-0.25, -0.2) is 0 Å². The number of carbonyl (C=O) groups excluding carboxylic acids is 1. The van der Waals surface area contributed by atoms with E-state index in [-0.39, 0.29) is 18.2 Å². The molecule has 0 aliphatic carbocycles. The Morgan fingerprint density at radius 2 is 1.82 bits per heavy atom. The van der Waals surface area contributed by atoms with Gasteiger partial charge in [-0.15, -0.1) is 0 Å². The highest BCUT2D eigenvalue weighted by Crippen LogP contribution is 2.56. The fraction of sp³-hybridized carbons (Fsp3) is 0.320. The van der Waals surface area contributed by atoms with Crippen molar-refractivity contribution in [2.45, 2.75) is 44.0 Å². The van der Waals surface area contributed by atoms with Crippen LogP contribution in [0.5, 0.6) is 11.5 Å². The lowest BCUT2D eigenvalue weighted by Crippen LogP contribution is -2.50. The monoisotopic (exact) mass is 457 g/mol. The average Bonchev–Trinajstić information content (AvgIpc) is 3.31. The zero-order valence-electron chi connectivity index (χ0n) is 18.3. The topological polar surface area (TPSA) is 51.9 Å². The molecule has 0 saturated heterocycles. The molecule has 0 fully saturated rings. The zero-order valence-corrected chi connectivity index (χ0v) is 18.3. The normalized spacial score (nSPS) is 21.0. The molecule has 1 amide bonds. The second kappa shape index (κ2) is 7.04. The molecular weight excluding hydrogens is 435 g/mol. The number of benzene rings is 2. The van der Waals surface area contributed by atoms with Crippen LogP contribution in [0.25, 0.3) is 0 Å². The molecule has 0 bridgehead atoms. The van der Waals surface area contributed by atoms with E-state index in [2.05, 4.69) is 0 Å². The molecule has 1 atom stereocenters. The number of halogens is 3. The number of ether oxygens (including phenoxy) is 2. The summed E-state index contributed by atoms with van der Waals surface area (Å²) in [5.74, 6) is -0.0996. The van der Waals surface area contributed by atoms with E-state index < -0.39 is 23.0 Å². The fourth-order valence-corrected chi connectivity index (χ4v) is 5.02. The van der Waals surface area contributed by atoms with Gasteiger partial charge in [-0.2, -0.15) is 13.2 Å². The van der Waals surface area contributed by atoms with E-state index in [1.165, 1.54) is 11.0 Å². The molecule has 1 aromatic heterocycles. The van der Waals surface area contributed by atoms with Gasteiger partial charge in [0.25, 0.3) is 0 Å². The summed E-state index contributed by atoms with van der Waals surface area (Å²) in [5.41, 5.74) is 0.427. The number of methoxy groups -OCH3 is 1. The van der Waals surface area contributed by atoms with Gasteiger partial charge < -0.3 is 18.8 Å². The number of fused-ring (bicyclic) bond motifs is 4. The first-order valence-electron chi connectivity index (χ1n) is 10.5. The number of para-hydroxylation sites is 1. The van der Waals surface area contributed by atoms with Gasteiger partial charge in [-0.1, -0.05) is 24.3 Å². The molecular formula is C25H22F3NO4. The van der Waals surface area contributed by atoms with Gasteiger partial charge in [0.15, 0.2) is 0 Å². The molecule has 33 heavy (non-hydrogen) atoms. The molecule has 3 aromatic rings. The van der Waals surface area contributed by atoms with Crippen molar-refractivity contribution < 1.29 is 31.9 Å². The molecule has 5 nitrogen and oxygen atoms in total. The van der Waals surface area contributed by atoms with Crippen molar-refractivity contribution in [3.8, 4) is 11.5 Å². The predicted molar refractivity (Wildman–Crippen MR) is 114 cm³/mol. The smallest absolute Gasteiger partial charge is 0.449 e. The van der Waals surface area contributed by atoms with Crippen molar-refractivity contribution in [3.63, 3.8) is 0 Å². The molecule has 2 aliphatic rings. The van der Waals surface area contributed by atoms with Crippen molar-refractivity contribution in [2.24, 2.45) is 0 Å². The largest absolute Gasteiger partial charge is 0.497 e. The molecule has 2 aromatic carbocycles. The van der Waals surface area contributed by atoms with Crippen LogP contribution in [-0.4, -0.2) is 18.6 Å². The van der Waals surface area contributed by atoms with Crippen molar-refractivity contribution >= 4 is 11.6 Å². The lowest BCUT2D eigenvalue weighted by atomic mass is 9.67. The van der Waals surface area contributed by atoms with Gasteiger partial charge >= 0.3 is 6.18 Å². The number of anilines is 1. The number of alkyl halides is 3. The highest BCUT2D eigenvalue weighted by Gasteiger charge is 2.58. The third-order valence-corrected chi connectivity index (χ3v) is 6.25. The summed E-state index contributed by atoms with van der Waals surface area (Å²) >= 11 is 0. The van der Waals surface area contributed by atoms with Gasteiger partial charge in [0, 0.05) is 23.7 Å². The summed E-state index contributed by atoms with van der Waals surface area (Å²) in [5, 5.41) is 0. The lowest BCUT2D eigenvalue weighted by molar-refractivity contribution is -0.153. The summed E-state index contributed by atoms with van der Waals surface area (Å²) in [4.78, 5) is 15.6. The van der Waals surface area contributed by atoms with Crippen LogP contribution >= 0.6 is 0 Å². The van der Waals surface area contributed by atoms with Crippen LogP contribution in [0, 0.1) is 0 Å². The van der Waals surface area contributed by atoms with Crippen LogP contribution in [0.4, 0.5) is 18.9 Å². The molecule has 3 heterocycles. The van der Waals surface area contributed by atoms with Crippen LogP contribution in [0.3, 0.4) is 0 Å². The summed E-state index contributed by atoms with van der Waals surface area (Å²) < 4.78 is 55.7. The molecule has 172 valence electrons. The summed E-state index contributed by atoms with van der Waals surface area (Å²) in [7, 11) is 1.56. The summed E-state index contributed by atoms with van der Waals surface area (Å²) in [6.45, 7) is 3.72. The Morgan fingerprint density at radius 3 is 2.52 bits per heavy atom. The maximum absolute atomic E-state index is 14.1. The van der Waals surface area contributed by atoms with E-state index in [4.69, 9.17) is 13.9 Å². The SMILES string of the molecule is COc1ccc2c(c1)OC(C)(C)CC21C(=O)N(Cc2ccc(C(F)(F)F)o2)c2ccccc21. The Hall–Kier alpha value is -3.42. The first-order chi connectivity index (χ1) is 15.5. The van der Waals surface area contributed by atoms with Crippen LogP contribution in [0.2, 0.25) is 0 Å². The predicted octanol–water partition coefficient (Wildman–Crippen LogP) is 5.70. The first kappa shape index (κ1) is 21.4. The number of nitrogens with zero attached hydrogens (tertiary/aromatic N) is 1. The quantitative estimate of drug-likeness (QED) is 0.506. The Kier molecular flexibility index (Phi) is 4.57. The van der Waals surface area contributed by atoms with Crippen molar-refractivity contribution in [1.82, 2.24) is 0 Å². The van der Waals surface area contributed by atoms with Crippen LogP contribution in [0.1, 0.15) is 42.9 Å². The van der Waals surface area contributed by atoms with Crippen molar-refractivity contribution in [3.05, 3.63) is 77.2 Å². The minimum Gasteiger partial charge on any atom is -0.497 e. The van der Waals surface area contributed by atoms with E-state index in [1.54, 1.807) is 31.4 Å². The van der Waals surface area contributed by atoms with Crippen molar-refractivity contribution in [2.75, 3.05) is 12.0 Å². The minimum atomic E-state index is -4.59. The highest BCUT2D eigenvalue weighted by molar-refractivity contribution is 6.11. The van der Waals surface area contributed by atoms with Crippen LogP contribution in [0.15, 0.2) is 59.0 Å². The Morgan fingerprint density at radius 1 is 1.06 bits per heavy atom. The number of carbonyl (C=O) groups is 1. The number of hydrogen-bond acceptors (Lipinski definition) is 4. The third kappa shape index (κ3) is 3.27. The molecule has 0 N–H and O–H groups in total. The van der Waals surface area contributed by atoms with E-state index in [9.17, 15) is 18.0 Å². The lowest BCUT2D eigenvalue weighted by Gasteiger charge is -2.43. The standard InChI is InChI=1S/C25H22F3NO4/c1-23(2)14-24(18-10-8-15(31-3)12-20(18)33-23)17-6-4-5-7-19(17)29(22(24)30)13-16-9-11-21(32-16)25(26,27)28/h4-12H,13-14H2,1-3H3. The third-order valence-electron chi connectivity index (χ3n) is 6.25. The molecule has 0 saturated carbocycles. The molecule has 1 unspecified atom stereocenters. The van der Waals surface area contributed by atoms with E-state index in [0.717, 1.165) is 11.6 Å². The highest BCUT2D eigenvalue weighted by atomic mass is 19.4. The summed E-state index contributed by atoms with van der Waals surface area (Å²) in [6, 6.07) is 14.9. The fourth-order valence-electron chi connectivity index (χ4n) is 5.02. The second-order valence-corrected chi connectivity index (χ2v) is 8.98. The number of rotatable bonds is 3. The van der Waals surface area contributed by atoms with Gasteiger partial charge in [0.05, 0.1) is 13.7 Å². The maximum Gasteiger partial charge on any atom is 0.449 e. The molecule has 8 heteroatoms. The molecule has 1 spiro atoms. The van der Waals surface area contributed by atoms with Gasteiger partial charge in [-0.3, -0.25) is 4.79 Å². The first-order valence-corrected chi connectivity index (χ1v) is 10.5. The van der Waals surface area contributed by atoms with E-state index >= 15 is 0 Å². The average molecular weight is 457 g/mol. The second-order valence-electron chi connectivity index (χ2n) is 8.98. The Bertz CT molecular complexity index is 1250.